The Morgan fingerprint density at radius 3 is 2.91 bits per heavy atom. The van der Waals surface area contributed by atoms with Gasteiger partial charge in [0.15, 0.2) is 0 Å². The van der Waals surface area contributed by atoms with E-state index in [2.05, 4.69) is 19.9 Å². The second-order valence-corrected chi connectivity index (χ2v) is 8.43. The van der Waals surface area contributed by atoms with Gasteiger partial charge >= 0.3 is 0 Å². The molecule has 120 valence electrons. The quantitative estimate of drug-likeness (QED) is 0.914. The number of likely N-dealkylation sites (N-methyl/N-ethyl adjacent to an activating group) is 1. The molecule has 2 aromatic heterocycles. The molecule has 7 nitrogen and oxygen atoms in total. The summed E-state index contributed by atoms with van der Waals surface area (Å²) in [5, 5.41) is 0.571. The van der Waals surface area contributed by atoms with E-state index in [1.54, 1.807) is 18.2 Å². The second-order valence-electron chi connectivity index (χ2n) is 5.94. The van der Waals surface area contributed by atoms with Gasteiger partial charge in [-0.15, -0.1) is 0 Å². The van der Waals surface area contributed by atoms with Crippen LogP contribution in [0.2, 0.25) is 0 Å². The average Bonchev–Trinajstić information content (AvgIpc) is 3.14. The van der Waals surface area contributed by atoms with E-state index in [0.717, 1.165) is 23.3 Å². The highest BCUT2D eigenvalue weighted by Crippen LogP contribution is 2.27. The van der Waals surface area contributed by atoms with Gasteiger partial charge in [0.1, 0.15) is 17.8 Å². The van der Waals surface area contributed by atoms with E-state index in [1.807, 2.05) is 19.3 Å². The first-order chi connectivity index (χ1) is 10.4. The van der Waals surface area contributed by atoms with Gasteiger partial charge in [-0.3, -0.25) is 0 Å². The smallest absolute Gasteiger partial charge is 0.216 e. The number of sulfonamides is 1. The Balaban J connectivity index is 1.83. The van der Waals surface area contributed by atoms with Gasteiger partial charge in [0.05, 0.1) is 10.6 Å². The van der Waals surface area contributed by atoms with E-state index >= 15 is 0 Å². The van der Waals surface area contributed by atoms with Crippen LogP contribution in [0.25, 0.3) is 11.0 Å². The molecule has 0 aromatic carbocycles. The highest BCUT2D eigenvalue weighted by Gasteiger charge is 2.35. The fraction of sp³-hybridized carbons (Fsp3) is 0.571. The van der Waals surface area contributed by atoms with Crippen LogP contribution in [0, 0.1) is 0 Å². The van der Waals surface area contributed by atoms with E-state index in [0.29, 0.717) is 13.1 Å². The maximum Gasteiger partial charge on any atom is 0.216 e. The number of aromatic nitrogens is 3. The summed E-state index contributed by atoms with van der Waals surface area (Å²) in [6, 6.07) is 2.07. The van der Waals surface area contributed by atoms with Crippen molar-refractivity contribution in [2.75, 3.05) is 25.0 Å². The summed E-state index contributed by atoms with van der Waals surface area (Å²) in [5.41, 5.74) is 0.793. The summed E-state index contributed by atoms with van der Waals surface area (Å²) in [6.07, 6.45) is 4.17. The average molecular weight is 323 g/mol. The Labute approximate surface area is 130 Å². The topological polar surface area (TPSA) is 82.2 Å². The molecule has 1 unspecified atom stereocenters. The molecule has 0 saturated carbocycles. The van der Waals surface area contributed by atoms with Crippen LogP contribution in [-0.4, -0.2) is 59.1 Å². The van der Waals surface area contributed by atoms with Crippen molar-refractivity contribution in [1.82, 2.24) is 19.3 Å². The van der Waals surface area contributed by atoms with Crippen molar-refractivity contribution >= 4 is 26.9 Å². The fourth-order valence-corrected chi connectivity index (χ4v) is 4.20. The lowest BCUT2D eigenvalue weighted by molar-refractivity contribution is 0.463. The van der Waals surface area contributed by atoms with E-state index in [-0.39, 0.29) is 11.3 Å². The molecule has 0 amide bonds. The maximum atomic E-state index is 12.3. The number of nitrogens with zero attached hydrogens (tertiary/aromatic N) is 4. The third kappa shape index (κ3) is 2.46. The predicted molar refractivity (Wildman–Crippen MR) is 86.3 cm³/mol. The molecule has 1 fully saturated rings. The van der Waals surface area contributed by atoms with Crippen molar-refractivity contribution in [3.63, 3.8) is 0 Å². The Morgan fingerprint density at radius 1 is 1.41 bits per heavy atom. The zero-order chi connectivity index (χ0) is 15.9. The van der Waals surface area contributed by atoms with Crippen LogP contribution >= 0.6 is 0 Å². The minimum Gasteiger partial charge on any atom is -0.355 e. The summed E-state index contributed by atoms with van der Waals surface area (Å²) < 4.78 is 26.2. The van der Waals surface area contributed by atoms with E-state index < -0.39 is 10.0 Å². The van der Waals surface area contributed by atoms with Crippen LogP contribution in [0.5, 0.6) is 0 Å². The summed E-state index contributed by atoms with van der Waals surface area (Å²) >= 11 is 0. The second kappa shape index (κ2) is 5.51. The fourth-order valence-electron chi connectivity index (χ4n) is 2.87. The molecule has 22 heavy (non-hydrogen) atoms. The predicted octanol–water partition coefficient (Wildman–Crippen LogP) is 1.21. The molecule has 1 aliphatic heterocycles. The molecule has 0 radical (unpaired) electrons. The number of anilines is 1. The van der Waals surface area contributed by atoms with Crippen molar-refractivity contribution in [2.45, 2.75) is 31.6 Å². The third-order valence-corrected chi connectivity index (χ3v) is 6.54. The van der Waals surface area contributed by atoms with E-state index in [9.17, 15) is 8.42 Å². The zero-order valence-electron chi connectivity index (χ0n) is 13.0. The first-order valence-electron chi connectivity index (χ1n) is 7.41. The lowest BCUT2D eigenvalue weighted by atomic mass is 10.2. The van der Waals surface area contributed by atoms with Gasteiger partial charge in [-0.25, -0.2) is 18.4 Å². The Hall–Kier alpha value is -1.67. The molecular weight excluding hydrogens is 302 g/mol. The number of aromatic amines is 1. The van der Waals surface area contributed by atoms with Crippen LogP contribution in [0.1, 0.15) is 20.3 Å². The summed E-state index contributed by atoms with van der Waals surface area (Å²) in [6.45, 7) is 4.52. The molecule has 1 aliphatic rings. The van der Waals surface area contributed by atoms with E-state index in [1.165, 1.54) is 6.33 Å². The van der Waals surface area contributed by atoms with Gasteiger partial charge in [-0.05, 0) is 26.3 Å². The lowest BCUT2D eigenvalue weighted by Crippen LogP contribution is -2.39. The van der Waals surface area contributed by atoms with Crippen LogP contribution in [0.4, 0.5) is 5.82 Å². The van der Waals surface area contributed by atoms with Gasteiger partial charge in [0.2, 0.25) is 10.0 Å². The van der Waals surface area contributed by atoms with Crippen LogP contribution in [-0.2, 0) is 10.0 Å². The van der Waals surface area contributed by atoms with Crippen LogP contribution < -0.4 is 4.90 Å². The SMILES string of the molecule is CC(C)S(=O)(=O)N1CCC(N(C)c2ncnc3[nH]ccc23)C1. The molecular formula is C14H21N5O2S. The molecule has 3 heterocycles. The van der Waals surface area contributed by atoms with Crippen molar-refractivity contribution in [1.29, 1.82) is 0 Å². The normalized spacial score (nSPS) is 20.1. The third-order valence-electron chi connectivity index (χ3n) is 4.30. The first-order valence-corrected chi connectivity index (χ1v) is 8.91. The van der Waals surface area contributed by atoms with Gasteiger partial charge in [-0.2, -0.15) is 4.31 Å². The Kier molecular flexibility index (Phi) is 3.82. The number of nitrogens with one attached hydrogen (secondary N) is 1. The van der Waals surface area contributed by atoms with Gasteiger partial charge in [0, 0.05) is 32.4 Å². The molecule has 1 atom stereocenters. The largest absolute Gasteiger partial charge is 0.355 e. The van der Waals surface area contributed by atoms with Gasteiger partial charge in [-0.1, -0.05) is 0 Å². The lowest BCUT2D eigenvalue weighted by Gasteiger charge is -2.26. The molecule has 0 bridgehead atoms. The number of hydrogen-bond donors (Lipinski definition) is 1. The summed E-state index contributed by atoms with van der Waals surface area (Å²) in [4.78, 5) is 13.7. The molecule has 1 N–H and O–H groups in total. The van der Waals surface area contributed by atoms with Gasteiger partial charge < -0.3 is 9.88 Å². The standard InChI is InChI=1S/C14H21N5O2S/c1-10(2)22(20,21)19-7-5-11(8-19)18(3)14-12-4-6-15-13(12)16-9-17-14/h4,6,9-11H,5,7-8H2,1-3H3,(H,15,16,17). The summed E-state index contributed by atoms with van der Waals surface area (Å²) in [5.74, 6) is 0.833. The highest BCUT2D eigenvalue weighted by atomic mass is 32.2. The number of rotatable bonds is 4. The monoisotopic (exact) mass is 323 g/mol. The molecule has 0 spiro atoms. The van der Waals surface area contributed by atoms with Crippen molar-refractivity contribution in [2.24, 2.45) is 0 Å². The molecule has 3 rings (SSSR count). The molecule has 0 aliphatic carbocycles. The first kappa shape index (κ1) is 15.2. The number of H-pyrrole nitrogens is 1. The molecule has 1 saturated heterocycles. The maximum absolute atomic E-state index is 12.3. The molecule has 8 heteroatoms. The number of fused-ring (bicyclic) bond motifs is 1. The highest BCUT2D eigenvalue weighted by molar-refractivity contribution is 7.89. The van der Waals surface area contributed by atoms with E-state index in [4.69, 9.17) is 0 Å². The van der Waals surface area contributed by atoms with Crippen molar-refractivity contribution < 1.29 is 8.42 Å². The number of hydrogen-bond acceptors (Lipinski definition) is 5. The summed E-state index contributed by atoms with van der Waals surface area (Å²) in [7, 11) is -1.23. The Morgan fingerprint density at radius 2 is 2.18 bits per heavy atom. The van der Waals surface area contributed by atoms with Gasteiger partial charge in [0.25, 0.3) is 0 Å². The molecule has 2 aromatic rings. The Bertz CT molecular complexity index is 770. The minimum absolute atomic E-state index is 0.126. The van der Waals surface area contributed by atoms with Crippen molar-refractivity contribution in [3.05, 3.63) is 18.6 Å². The minimum atomic E-state index is -3.19. The van der Waals surface area contributed by atoms with Crippen LogP contribution in [0.15, 0.2) is 18.6 Å². The zero-order valence-corrected chi connectivity index (χ0v) is 13.8. The van der Waals surface area contributed by atoms with Crippen molar-refractivity contribution in [3.8, 4) is 0 Å². The van der Waals surface area contributed by atoms with Crippen LogP contribution in [0.3, 0.4) is 0 Å².